The molecule has 0 aliphatic carbocycles. The van der Waals surface area contributed by atoms with Crippen LogP contribution in [0.5, 0.6) is 0 Å². The molecule has 0 radical (unpaired) electrons. The number of primary amides is 1. The lowest BCUT2D eigenvalue weighted by molar-refractivity contribution is -0.152. The first-order chi connectivity index (χ1) is 8.79. The maximum atomic E-state index is 10.4. The number of halogens is 3. The molecule has 8 nitrogen and oxygen atoms in total. The second-order valence-electron chi connectivity index (χ2n) is 3.82. The zero-order chi connectivity index (χ0) is 14.2. The van der Waals surface area contributed by atoms with Crippen molar-refractivity contribution in [3.63, 3.8) is 0 Å². The maximum Gasteiger partial charge on any atom is 0.332 e. The van der Waals surface area contributed by atoms with E-state index in [1.54, 1.807) is 0 Å². The number of hydrazone groups is 1. The third kappa shape index (κ3) is 3.40. The van der Waals surface area contributed by atoms with Crippen LogP contribution in [-0.4, -0.2) is 52.0 Å². The Hall–Kier alpha value is -0.350. The number of hydrogen-bond donors (Lipinski definition) is 3. The standard InChI is InChI=1S/C8H10Cl3N3O5/c9-8(10,11)6-18-4-3(15)2(17-5(4)19-6)1-13-14-7(12)16/h1-6,15H,(H3,12,14,16)/b13-1+/t2-,3+,4-,5-,6+/m1/s1. The van der Waals surface area contributed by atoms with E-state index in [0.29, 0.717) is 0 Å². The van der Waals surface area contributed by atoms with Crippen LogP contribution in [0, 0.1) is 0 Å². The van der Waals surface area contributed by atoms with Crippen molar-refractivity contribution in [3.8, 4) is 0 Å². The minimum atomic E-state index is -1.79. The van der Waals surface area contributed by atoms with Crippen LogP contribution in [0.25, 0.3) is 0 Å². The van der Waals surface area contributed by atoms with Gasteiger partial charge in [0, 0.05) is 0 Å². The highest BCUT2D eigenvalue weighted by Crippen LogP contribution is 2.41. The highest BCUT2D eigenvalue weighted by Gasteiger charge is 2.55. The van der Waals surface area contributed by atoms with Gasteiger partial charge in [-0.15, -0.1) is 0 Å². The van der Waals surface area contributed by atoms with Crippen molar-refractivity contribution in [3.05, 3.63) is 0 Å². The van der Waals surface area contributed by atoms with Crippen LogP contribution in [0.3, 0.4) is 0 Å². The number of rotatable bonds is 2. The molecule has 2 heterocycles. The molecule has 2 fully saturated rings. The summed E-state index contributed by atoms with van der Waals surface area (Å²) in [5, 5.41) is 13.4. The molecule has 4 N–H and O–H groups in total. The number of amides is 2. The molecule has 2 saturated heterocycles. The fraction of sp³-hybridized carbons (Fsp3) is 0.750. The number of aliphatic hydroxyl groups excluding tert-OH is 1. The summed E-state index contributed by atoms with van der Waals surface area (Å²) in [6, 6.07) is -0.840. The van der Waals surface area contributed by atoms with Gasteiger partial charge < -0.3 is 25.1 Å². The van der Waals surface area contributed by atoms with E-state index in [-0.39, 0.29) is 0 Å². The first-order valence-electron chi connectivity index (χ1n) is 5.09. The van der Waals surface area contributed by atoms with Gasteiger partial charge in [0.25, 0.3) is 0 Å². The molecule has 5 atom stereocenters. The fourth-order valence-corrected chi connectivity index (χ4v) is 1.97. The van der Waals surface area contributed by atoms with Crippen LogP contribution in [0.15, 0.2) is 5.10 Å². The number of nitrogens with two attached hydrogens (primary N) is 1. The molecule has 2 rings (SSSR count). The summed E-state index contributed by atoms with van der Waals surface area (Å²) in [4.78, 5) is 10.4. The van der Waals surface area contributed by atoms with Gasteiger partial charge in [0.1, 0.15) is 18.3 Å². The number of ether oxygens (including phenoxy) is 3. The molecule has 0 spiro atoms. The smallest absolute Gasteiger partial charge is 0.332 e. The molecule has 11 heteroatoms. The number of aliphatic hydroxyl groups is 1. The lowest BCUT2D eigenvalue weighted by atomic mass is 10.1. The van der Waals surface area contributed by atoms with Crippen molar-refractivity contribution in [1.82, 2.24) is 5.43 Å². The van der Waals surface area contributed by atoms with Gasteiger partial charge >= 0.3 is 6.03 Å². The molecule has 0 saturated carbocycles. The first kappa shape index (κ1) is 15.0. The second-order valence-corrected chi connectivity index (χ2v) is 6.19. The first-order valence-corrected chi connectivity index (χ1v) is 6.22. The summed E-state index contributed by atoms with van der Waals surface area (Å²) in [6.45, 7) is 0. The minimum Gasteiger partial charge on any atom is -0.387 e. The zero-order valence-corrected chi connectivity index (χ0v) is 11.5. The molecular formula is C8H10Cl3N3O5. The van der Waals surface area contributed by atoms with Crippen LogP contribution < -0.4 is 11.2 Å². The number of nitrogens with one attached hydrogen (secondary N) is 1. The van der Waals surface area contributed by atoms with Gasteiger partial charge in [-0.3, -0.25) is 0 Å². The third-order valence-electron chi connectivity index (χ3n) is 2.43. The van der Waals surface area contributed by atoms with Crippen molar-refractivity contribution < 1.29 is 24.1 Å². The molecule has 0 unspecified atom stereocenters. The van der Waals surface area contributed by atoms with Crippen molar-refractivity contribution in [2.75, 3.05) is 0 Å². The molecule has 2 amide bonds. The van der Waals surface area contributed by atoms with E-state index in [1.165, 1.54) is 0 Å². The summed E-state index contributed by atoms with van der Waals surface area (Å²) < 4.78 is 14.0. The van der Waals surface area contributed by atoms with E-state index in [0.717, 1.165) is 6.21 Å². The Labute approximate surface area is 122 Å². The molecule has 2 aliphatic heterocycles. The zero-order valence-electron chi connectivity index (χ0n) is 9.20. The van der Waals surface area contributed by atoms with E-state index in [9.17, 15) is 9.90 Å². The van der Waals surface area contributed by atoms with Gasteiger partial charge in [0.15, 0.2) is 6.29 Å². The van der Waals surface area contributed by atoms with Gasteiger partial charge in [-0.1, -0.05) is 34.8 Å². The lowest BCUT2D eigenvalue weighted by Gasteiger charge is -2.21. The number of carbonyl (C=O) groups excluding carboxylic acids is 1. The van der Waals surface area contributed by atoms with Crippen molar-refractivity contribution in [1.29, 1.82) is 0 Å². The van der Waals surface area contributed by atoms with Gasteiger partial charge in [-0.05, 0) is 0 Å². The molecule has 0 aromatic rings. The number of nitrogens with zero attached hydrogens (tertiary/aromatic N) is 1. The van der Waals surface area contributed by atoms with Crippen LogP contribution in [0.4, 0.5) is 4.79 Å². The Kier molecular flexibility index (Phi) is 4.41. The SMILES string of the molecule is NC(=O)N/N=C/[C@H]1O[C@@H]2O[C@@H](C(Cl)(Cl)Cl)O[C@@H]2[C@H]1O. The molecule has 2 aliphatic rings. The summed E-state index contributed by atoms with van der Waals surface area (Å²) in [5.74, 6) is 0. The lowest BCUT2D eigenvalue weighted by Crippen LogP contribution is -2.36. The van der Waals surface area contributed by atoms with Gasteiger partial charge in [0.2, 0.25) is 10.1 Å². The molecule has 0 aromatic carbocycles. The minimum absolute atomic E-state index is 0.814. The van der Waals surface area contributed by atoms with Crippen LogP contribution >= 0.6 is 34.8 Å². The Bertz CT molecular complexity index is 390. The molecular weight excluding hydrogens is 324 g/mol. The van der Waals surface area contributed by atoms with E-state index >= 15 is 0 Å². The molecule has 108 valence electrons. The van der Waals surface area contributed by atoms with Crippen molar-refractivity contribution >= 4 is 47.0 Å². The molecule has 0 aromatic heterocycles. The number of carbonyl (C=O) groups is 1. The number of fused-ring (bicyclic) bond motifs is 1. The van der Waals surface area contributed by atoms with Gasteiger partial charge in [-0.2, -0.15) is 5.10 Å². The molecule has 19 heavy (non-hydrogen) atoms. The van der Waals surface area contributed by atoms with Crippen LogP contribution in [0.1, 0.15) is 0 Å². The van der Waals surface area contributed by atoms with Crippen LogP contribution in [0.2, 0.25) is 0 Å². The quantitative estimate of drug-likeness (QED) is 0.369. The van der Waals surface area contributed by atoms with Gasteiger partial charge in [0.05, 0.1) is 6.21 Å². The number of hydrogen-bond acceptors (Lipinski definition) is 6. The average molecular weight is 335 g/mol. The van der Waals surface area contributed by atoms with E-state index in [2.05, 4.69) is 5.10 Å². The summed E-state index contributed by atoms with van der Waals surface area (Å²) in [7, 11) is 0. The van der Waals surface area contributed by atoms with Gasteiger partial charge in [-0.25, -0.2) is 10.2 Å². The Morgan fingerprint density at radius 1 is 1.37 bits per heavy atom. The second kappa shape index (κ2) is 5.57. The predicted molar refractivity (Wildman–Crippen MR) is 65.9 cm³/mol. The van der Waals surface area contributed by atoms with E-state index in [4.69, 9.17) is 54.7 Å². The largest absolute Gasteiger partial charge is 0.387 e. The van der Waals surface area contributed by atoms with Crippen molar-refractivity contribution in [2.45, 2.75) is 34.7 Å². The monoisotopic (exact) mass is 333 g/mol. The highest BCUT2D eigenvalue weighted by molar-refractivity contribution is 6.67. The van der Waals surface area contributed by atoms with E-state index in [1.807, 2.05) is 5.43 Å². The normalized spacial score (nSPS) is 38.6. The fourth-order valence-electron chi connectivity index (χ4n) is 1.66. The summed E-state index contributed by atoms with van der Waals surface area (Å²) >= 11 is 16.8. The summed E-state index contributed by atoms with van der Waals surface area (Å²) in [6.07, 6.45) is -3.60. The van der Waals surface area contributed by atoms with E-state index < -0.39 is 40.7 Å². The summed E-state index contributed by atoms with van der Waals surface area (Å²) in [5.41, 5.74) is 6.77. The topological polar surface area (TPSA) is 115 Å². The predicted octanol–water partition coefficient (Wildman–Crippen LogP) is -0.162. The van der Waals surface area contributed by atoms with Crippen LogP contribution in [-0.2, 0) is 14.2 Å². The Balaban J connectivity index is 1.93. The molecule has 0 bridgehead atoms. The Morgan fingerprint density at radius 2 is 2.05 bits per heavy atom. The number of alkyl halides is 3. The highest BCUT2D eigenvalue weighted by atomic mass is 35.6. The Morgan fingerprint density at radius 3 is 2.58 bits per heavy atom. The number of urea groups is 1. The van der Waals surface area contributed by atoms with Crippen molar-refractivity contribution in [2.24, 2.45) is 10.8 Å². The average Bonchev–Trinajstić information content (AvgIpc) is 2.79. The third-order valence-corrected chi connectivity index (χ3v) is 2.97. The maximum absolute atomic E-state index is 10.4.